The molecule has 0 aliphatic carbocycles. The number of hydrogen-bond acceptors (Lipinski definition) is 3. The third-order valence-electron chi connectivity index (χ3n) is 2.96. The van der Waals surface area contributed by atoms with Crippen LogP contribution in [0.3, 0.4) is 0 Å². The Bertz CT molecular complexity index is 446. The molecule has 0 aliphatic heterocycles. The van der Waals surface area contributed by atoms with Crippen LogP contribution in [0, 0.1) is 0 Å². The lowest BCUT2D eigenvalue weighted by atomic mass is 10.1. The lowest BCUT2D eigenvalue weighted by Gasteiger charge is -2.16. The monoisotopic (exact) mass is 263 g/mol. The third kappa shape index (κ3) is 5.42. The molecule has 5 nitrogen and oxygen atoms in total. The first kappa shape index (κ1) is 15.0. The smallest absolute Gasteiger partial charge is 0.222 e. The Balaban J connectivity index is 2.36. The highest BCUT2D eigenvalue weighted by Crippen LogP contribution is 2.09. The Morgan fingerprint density at radius 2 is 2.05 bits per heavy atom. The van der Waals surface area contributed by atoms with E-state index in [4.69, 9.17) is 5.73 Å². The molecule has 0 saturated heterocycles. The van der Waals surface area contributed by atoms with Gasteiger partial charge >= 0.3 is 0 Å². The third-order valence-corrected chi connectivity index (χ3v) is 2.96. The lowest BCUT2D eigenvalue weighted by Crippen LogP contribution is -2.31. The Morgan fingerprint density at radius 1 is 1.32 bits per heavy atom. The molecule has 0 fully saturated rings. The topological polar surface area (TPSA) is 75.4 Å². The molecule has 0 bridgehead atoms. The number of hydrogen-bond donors (Lipinski definition) is 2. The maximum atomic E-state index is 11.9. The quantitative estimate of drug-likeness (QED) is 0.745. The van der Waals surface area contributed by atoms with Crippen molar-refractivity contribution in [3.8, 4) is 0 Å². The van der Waals surface area contributed by atoms with Gasteiger partial charge in [-0.1, -0.05) is 12.1 Å². The Morgan fingerprint density at radius 3 is 2.68 bits per heavy atom. The molecule has 0 aliphatic rings. The van der Waals surface area contributed by atoms with Gasteiger partial charge in [-0.15, -0.1) is 0 Å². The van der Waals surface area contributed by atoms with Gasteiger partial charge in [-0.2, -0.15) is 0 Å². The van der Waals surface area contributed by atoms with Gasteiger partial charge in [0.05, 0.1) is 0 Å². The summed E-state index contributed by atoms with van der Waals surface area (Å²) >= 11 is 0. The number of nitrogens with two attached hydrogens (primary N) is 1. The van der Waals surface area contributed by atoms with E-state index in [9.17, 15) is 9.59 Å². The van der Waals surface area contributed by atoms with E-state index in [0.717, 1.165) is 5.56 Å². The minimum absolute atomic E-state index is 0.0336. The van der Waals surface area contributed by atoms with Crippen molar-refractivity contribution >= 4 is 17.5 Å². The molecule has 1 aromatic carbocycles. The number of carbonyl (C=O) groups is 2. The summed E-state index contributed by atoms with van der Waals surface area (Å²) in [6, 6.07) is 7.53. The fourth-order valence-corrected chi connectivity index (χ4v) is 1.71. The fourth-order valence-electron chi connectivity index (χ4n) is 1.71. The first-order valence-electron chi connectivity index (χ1n) is 6.32. The highest BCUT2D eigenvalue weighted by molar-refractivity contribution is 5.78. The van der Waals surface area contributed by atoms with Crippen molar-refractivity contribution in [3.63, 3.8) is 0 Å². The molecule has 0 spiro atoms. The van der Waals surface area contributed by atoms with Gasteiger partial charge in [0.1, 0.15) is 0 Å². The minimum Gasteiger partial charge on any atom is -0.399 e. The second kappa shape index (κ2) is 7.41. The van der Waals surface area contributed by atoms with Gasteiger partial charge in [0.15, 0.2) is 0 Å². The number of anilines is 1. The molecule has 5 heteroatoms. The van der Waals surface area contributed by atoms with Crippen LogP contribution in [0.2, 0.25) is 0 Å². The molecule has 0 atom stereocenters. The Labute approximate surface area is 113 Å². The van der Waals surface area contributed by atoms with Crippen molar-refractivity contribution < 1.29 is 9.59 Å². The Hall–Kier alpha value is -2.04. The zero-order valence-electron chi connectivity index (χ0n) is 11.5. The van der Waals surface area contributed by atoms with Gasteiger partial charge in [0.25, 0.3) is 0 Å². The summed E-state index contributed by atoms with van der Waals surface area (Å²) in [7, 11) is 3.30. The first-order chi connectivity index (χ1) is 9.02. The van der Waals surface area contributed by atoms with Gasteiger partial charge in [0.2, 0.25) is 11.8 Å². The molecule has 0 aromatic heterocycles. The maximum Gasteiger partial charge on any atom is 0.222 e. The number of nitrogen functional groups attached to an aromatic ring is 1. The van der Waals surface area contributed by atoms with E-state index in [1.807, 2.05) is 24.3 Å². The molecule has 104 valence electrons. The van der Waals surface area contributed by atoms with Crippen molar-refractivity contribution in [3.05, 3.63) is 29.8 Å². The highest BCUT2D eigenvalue weighted by Gasteiger charge is 2.10. The summed E-state index contributed by atoms with van der Waals surface area (Å²) in [6.45, 7) is 0.440. The second-order valence-corrected chi connectivity index (χ2v) is 4.48. The van der Waals surface area contributed by atoms with Crippen LogP contribution in [0.25, 0.3) is 0 Å². The van der Waals surface area contributed by atoms with Gasteiger partial charge in [-0.3, -0.25) is 9.59 Å². The van der Waals surface area contributed by atoms with E-state index >= 15 is 0 Å². The van der Waals surface area contributed by atoms with Gasteiger partial charge in [0, 0.05) is 39.2 Å². The van der Waals surface area contributed by atoms with Crippen LogP contribution in [0.15, 0.2) is 24.3 Å². The average molecular weight is 263 g/mol. The molecule has 0 radical (unpaired) electrons. The van der Waals surface area contributed by atoms with Gasteiger partial charge in [-0.25, -0.2) is 0 Å². The molecule has 3 N–H and O–H groups in total. The van der Waals surface area contributed by atoms with E-state index in [2.05, 4.69) is 5.32 Å². The van der Waals surface area contributed by atoms with Crippen LogP contribution >= 0.6 is 0 Å². The normalized spacial score (nSPS) is 10.0. The number of carbonyl (C=O) groups excluding carboxylic acids is 2. The number of amides is 2. The summed E-state index contributed by atoms with van der Waals surface area (Å²) < 4.78 is 0. The Kier molecular flexibility index (Phi) is 5.85. The number of aryl methyl sites for hydroxylation is 1. The van der Waals surface area contributed by atoms with Gasteiger partial charge < -0.3 is 16.0 Å². The van der Waals surface area contributed by atoms with Crippen LogP contribution in [0.5, 0.6) is 0 Å². The zero-order valence-corrected chi connectivity index (χ0v) is 11.5. The predicted molar refractivity (Wildman–Crippen MR) is 75.5 cm³/mol. The van der Waals surface area contributed by atoms with E-state index in [1.165, 1.54) is 0 Å². The first-order valence-corrected chi connectivity index (χ1v) is 6.32. The van der Waals surface area contributed by atoms with Crippen molar-refractivity contribution in [2.24, 2.45) is 0 Å². The maximum absolute atomic E-state index is 11.9. The fraction of sp³-hybridized carbons (Fsp3) is 0.429. The number of nitrogens with one attached hydrogen (secondary N) is 1. The molecule has 1 rings (SSSR count). The number of nitrogens with zero attached hydrogens (tertiary/aromatic N) is 1. The zero-order chi connectivity index (χ0) is 14.3. The van der Waals surface area contributed by atoms with Crippen LogP contribution in [0.4, 0.5) is 5.69 Å². The van der Waals surface area contributed by atoms with Crippen LogP contribution in [0.1, 0.15) is 18.4 Å². The van der Waals surface area contributed by atoms with E-state index in [1.54, 1.807) is 19.0 Å². The average Bonchev–Trinajstić information content (AvgIpc) is 2.41. The van der Waals surface area contributed by atoms with Gasteiger partial charge in [-0.05, 0) is 24.1 Å². The largest absolute Gasteiger partial charge is 0.399 e. The van der Waals surface area contributed by atoms with Crippen LogP contribution < -0.4 is 11.1 Å². The molecule has 1 aromatic rings. The van der Waals surface area contributed by atoms with Crippen molar-refractivity contribution in [1.29, 1.82) is 0 Å². The van der Waals surface area contributed by atoms with Crippen molar-refractivity contribution in [1.82, 2.24) is 10.2 Å². The van der Waals surface area contributed by atoms with E-state index in [0.29, 0.717) is 31.5 Å². The summed E-state index contributed by atoms with van der Waals surface area (Å²) in [5, 5.41) is 2.53. The SMILES string of the molecule is CNC(=O)CCN(C)C(=O)CCc1cccc(N)c1. The van der Waals surface area contributed by atoms with E-state index < -0.39 is 0 Å². The predicted octanol–water partition coefficient (Wildman–Crippen LogP) is 0.796. The summed E-state index contributed by atoms with van der Waals surface area (Å²) in [4.78, 5) is 24.5. The van der Waals surface area contributed by atoms with Crippen molar-refractivity contribution in [2.45, 2.75) is 19.3 Å². The number of benzene rings is 1. The molecule has 2 amide bonds. The molecular weight excluding hydrogens is 242 g/mol. The summed E-state index contributed by atoms with van der Waals surface area (Å²) in [6.07, 6.45) is 1.42. The highest BCUT2D eigenvalue weighted by atomic mass is 16.2. The van der Waals surface area contributed by atoms with Crippen LogP contribution in [-0.2, 0) is 16.0 Å². The molecule has 0 saturated carbocycles. The molecule has 0 heterocycles. The van der Waals surface area contributed by atoms with Crippen LogP contribution in [-0.4, -0.2) is 37.4 Å². The second-order valence-electron chi connectivity index (χ2n) is 4.48. The lowest BCUT2D eigenvalue weighted by molar-refractivity contribution is -0.130. The minimum atomic E-state index is -0.0597. The summed E-state index contributed by atoms with van der Waals surface area (Å²) in [5.74, 6) is -0.0261. The standard InChI is InChI=1S/C14H21N3O2/c1-16-13(18)8-9-17(2)14(19)7-6-11-4-3-5-12(15)10-11/h3-5,10H,6-9,15H2,1-2H3,(H,16,18). The summed E-state index contributed by atoms with van der Waals surface area (Å²) in [5.41, 5.74) is 7.44. The van der Waals surface area contributed by atoms with E-state index in [-0.39, 0.29) is 11.8 Å². The molecule has 19 heavy (non-hydrogen) atoms. The number of rotatable bonds is 6. The molecular formula is C14H21N3O2. The molecule has 0 unspecified atom stereocenters. The van der Waals surface area contributed by atoms with Crippen molar-refractivity contribution in [2.75, 3.05) is 26.4 Å².